The van der Waals surface area contributed by atoms with Crippen LogP contribution in [0.4, 0.5) is 0 Å². The van der Waals surface area contributed by atoms with Crippen LogP contribution in [0.15, 0.2) is 30.3 Å². The van der Waals surface area contributed by atoms with E-state index in [1.54, 1.807) is 0 Å². The molecule has 0 saturated carbocycles. The second-order valence-electron chi connectivity index (χ2n) is 16.9. The van der Waals surface area contributed by atoms with Crippen LogP contribution >= 0.6 is 11.8 Å². The number of carbonyl (C=O) groups is 3. The zero-order valence-electron chi connectivity index (χ0n) is 32.4. The van der Waals surface area contributed by atoms with E-state index in [9.17, 15) is 24.9 Å². The number of thioether (sulfide) groups is 1. The number of ether oxygens (including phenoxy) is 5. The summed E-state index contributed by atoms with van der Waals surface area (Å²) in [5.74, 6) is -0.866. The van der Waals surface area contributed by atoms with Crippen LogP contribution in [0.3, 0.4) is 0 Å². The Kier molecular flexibility index (Phi) is 7.35. The van der Waals surface area contributed by atoms with Crippen LogP contribution < -0.4 is 24.3 Å². The fraction of sp³-hybridized carbons (Fsp3) is 0.452. The molecule has 0 amide bonds. The number of carboxylic acid groups (broad SMARTS) is 1. The van der Waals surface area contributed by atoms with Gasteiger partial charge >= 0.3 is 17.9 Å². The minimum absolute atomic E-state index is 0.0210. The third kappa shape index (κ3) is 4.36. The number of aromatic hydroxyl groups is 1. The summed E-state index contributed by atoms with van der Waals surface area (Å²) in [6.07, 6.45) is 0.410. The number of para-hydroxylation sites is 1. The first-order valence-electron chi connectivity index (χ1n) is 19.4. The first kappa shape index (κ1) is 36.1. The molecule has 1 spiro atoms. The van der Waals surface area contributed by atoms with Gasteiger partial charge in [-0.05, 0) is 49.6 Å². The molecular formula is C42H42N4O11S. The molecule has 1 unspecified atom stereocenters. The quantitative estimate of drug-likeness (QED) is 0.147. The lowest BCUT2D eigenvalue weighted by atomic mass is 9.75. The van der Waals surface area contributed by atoms with Crippen molar-refractivity contribution in [2.75, 3.05) is 32.8 Å². The summed E-state index contributed by atoms with van der Waals surface area (Å²) in [4.78, 5) is 48.7. The zero-order chi connectivity index (χ0) is 40.4. The van der Waals surface area contributed by atoms with Crippen molar-refractivity contribution in [2.24, 2.45) is 0 Å². The average Bonchev–Trinajstić information content (AvgIpc) is 3.93. The first-order chi connectivity index (χ1) is 27.7. The fourth-order valence-electron chi connectivity index (χ4n) is 11.8. The Morgan fingerprint density at radius 1 is 1.07 bits per heavy atom. The van der Waals surface area contributed by atoms with Gasteiger partial charge in [-0.2, -0.15) is 0 Å². The number of aryl methyl sites for hydroxylation is 1. The molecule has 5 N–H and O–H groups in total. The number of aromatic nitrogens is 1. The van der Waals surface area contributed by atoms with E-state index in [1.165, 1.54) is 25.8 Å². The molecule has 8 aliphatic heterocycles. The van der Waals surface area contributed by atoms with E-state index in [-0.39, 0.29) is 50.0 Å². The average molecular weight is 811 g/mol. The molecule has 3 saturated heterocycles. The number of methoxy groups -OCH3 is 1. The summed E-state index contributed by atoms with van der Waals surface area (Å²) in [5.41, 5.74) is 2.29. The van der Waals surface area contributed by atoms with Gasteiger partial charge in [0.1, 0.15) is 24.1 Å². The number of aromatic amines is 1. The molecule has 1 aromatic heterocycles. The second kappa shape index (κ2) is 11.8. The van der Waals surface area contributed by atoms with Crippen LogP contribution in [0.1, 0.15) is 82.2 Å². The van der Waals surface area contributed by atoms with Crippen molar-refractivity contribution >= 4 is 40.6 Å². The van der Waals surface area contributed by atoms with Gasteiger partial charge in [0.05, 0.1) is 30.1 Å². The molecule has 4 aromatic rings. The van der Waals surface area contributed by atoms with E-state index in [1.807, 2.05) is 49.1 Å². The summed E-state index contributed by atoms with van der Waals surface area (Å²) >= 11 is 1.38. The lowest BCUT2D eigenvalue weighted by molar-refractivity contribution is -0.196. The standard InChI is InChI=1S/C42H42N4O11S/c1-17-10-22-26(31(48)32(17)53-5)29-30-36-28-27(35-34(55-16-56-35)18(2)33(28)57-19(3)47)25(46(30)41(52)13-40(22,4)45(29)14-41)12-54-39(51)42(15-58-36)37-21(11-24(44-42)38(49)50)20-8-6-7-9-23(20)43-37/h6-10,24-25,29-30,36,43-44,48,52H,11-16H2,1-5H3,(H,49,50)/t24-,25-,29-,30+,36+,40+,41?,42+/m0/s1. The van der Waals surface area contributed by atoms with Gasteiger partial charge < -0.3 is 44.0 Å². The highest BCUT2D eigenvalue weighted by Crippen LogP contribution is 2.71. The number of aliphatic carboxylic acids is 1. The highest BCUT2D eigenvalue weighted by Gasteiger charge is 2.72. The van der Waals surface area contributed by atoms with E-state index in [4.69, 9.17) is 23.7 Å². The topological polar surface area (TPSA) is 192 Å². The van der Waals surface area contributed by atoms with Gasteiger partial charge in [0.25, 0.3) is 0 Å². The number of nitrogens with zero attached hydrogens (tertiary/aromatic N) is 2. The molecule has 4 bridgehead atoms. The monoisotopic (exact) mass is 810 g/mol. The number of phenolic OH excluding ortho intramolecular Hbond substituents is 1. The van der Waals surface area contributed by atoms with E-state index < -0.39 is 64.1 Å². The predicted octanol–water partition coefficient (Wildman–Crippen LogP) is 4.08. The third-order valence-electron chi connectivity index (χ3n) is 13.9. The lowest BCUT2D eigenvalue weighted by Crippen LogP contribution is -2.68. The van der Waals surface area contributed by atoms with Crippen LogP contribution in [0.5, 0.6) is 28.7 Å². The molecule has 9 heterocycles. The largest absolute Gasteiger partial charge is 0.504 e. The van der Waals surface area contributed by atoms with Gasteiger partial charge in [0.2, 0.25) is 6.79 Å². The van der Waals surface area contributed by atoms with Gasteiger partial charge in [-0.25, -0.2) is 4.79 Å². The van der Waals surface area contributed by atoms with Crippen molar-refractivity contribution in [3.05, 3.63) is 75.0 Å². The number of phenols is 1. The number of esters is 2. The molecule has 15 nitrogen and oxygen atoms in total. The number of H-pyrrole nitrogens is 1. The maximum Gasteiger partial charge on any atom is 0.333 e. The van der Waals surface area contributed by atoms with E-state index >= 15 is 4.79 Å². The van der Waals surface area contributed by atoms with Crippen molar-refractivity contribution < 1.29 is 53.4 Å². The number of aliphatic hydroxyl groups is 1. The summed E-state index contributed by atoms with van der Waals surface area (Å²) in [7, 11) is 1.53. The van der Waals surface area contributed by atoms with E-state index in [0.717, 1.165) is 22.0 Å². The number of fused-ring (bicyclic) bond motifs is 11. The highest BCUT2D eigenvalue weighted by atomic mass is 32.2. The Morgan fingerprint density at radius 3 is 2.60 bits per heavy atom. The third-order valence-corrected chi connectivity index (χ3v) is 15.3. The van der Waals surface area contributed by atoms with Crippen molar-refractivity contribution in [1.29, 1.82) is 0 Å². The molecule has 12 rings (SSSR count). The summed E-state index contributed by atoms with van der Waals surface area (Å²) in [6.45, 7) is 6.97. The van der Waals surface area contributed by atoms with Crippen LogP contribution in [-0.4, -0.2) is 98.6 Å². The molecule has 8 atom stereocenters. The Hall–Kier alpha value is -5.00. The van der Waals surface area contributed by atoms with Gasteiger partial charge in [-0.1, -0.05) is 18.2 Å². The molecule has 3 fully saturated rings. The van der Waals surface area contributed by atoms with Crippen LogP contribution in [0, 0.1) is 13.8 Å². The normalized spacial score (nSPS) is 32.7. The zero-order valence-corrected chi connectivity index (χ0v) is 33.2. The van der Waals surface area contributed by atoms with E-state index in [2.05, 4.69) is 22.1 Å². The number of rotatable bonds is 3. The number of nitrogens with one attached hydrogen (secondary N) is 2. The van der Waals surface area contributed by atoms with Gasteiger partial charge in [0, 0.05) is 76.8 Å². The minimum Gasteiger partial charge on any atom is -0.504 e. The first-order valence-corrected chi connectivity index (χ1v) is 20.5. The molecule has 58 heavy (non-hydrogen) atoms. The molecular weight excluding hydrogens is 769 g/mol. The number of piperazine rings is 1. The van der Waals surface area contributed by atoms with Crippen LogP contribution in [0.2, 0.25) is 0 Å². The maximum absolute atomic E-state index is 15.0. The number of hydrogen-bond acceptors (Lipinski definition) is 14. The lowest BCUT2D eigenvalue weighted by Gasteiger charge is -2.59. The van der Waals surface area contributed by atoms with Crippen molar-refractivity contribution in [2.45, 2.75) is 86.8 Å². The summed E-state index contributed by atoms with van der Waals surface area (Å²) < 4.78 is 30.7. The molecule has 0 radical (unpaired) electrons. The van der Waals surface area contributed by atoms with Crippen LogP contribution in [0.25, 0.3) is 10.9 Å². The maximum atomic E-state index is 15.0. The number of carboxylic acids is 1. The molecule has 16 heteroatoms. The highest BCUT2D eigenvalue weighted by molar-refractivity contribution is 7.99. The molecule has 302 valence electrons. The van der Waals surface area contributed by atoms with Gasteiger partial charge in [0.15, 0.2) is 28.5 Å². The van der Waals surface area contributed by atoms with Crippen molar-refractivity contribution in [3.8, 4) is 28.7 Å². The van der Waals surface area contributed by atoms with E-state index in [0.29, 0.717) is 50.8 Å². The van der Waals surface area contributed by atoms with Crippen molar-refractivity contribution in [3.63, 3.8) is 0 Å². The number of hydrogen-bond donors (Lipinski definition) is 5. The number of carbonyl (C=O) groups excluding carboxylic acids is 2. The predicted molar refractivity (Wildman–Crippen MR) is 207 cm³/mol. The van der Waals surface area contributed by atoms with Gasteiger partial charge in [-0.15, -0.1) is 11.8 Å². The molecule has 0 aliphatic carbocycles. The second-order valence-corrected chi connectivity index (χ2v) is 18.0. The van der Waals surface area contributed by atoms with Gasteiger partial charge in [-0.3, -0.25) is 24.7 Å². The Bertz CT molecular complexity index is 2560. The number of benzene rings is 3. The Labute approximate surface area is 336 Å². The summed E-state index contributed by atoms with van der Waals surface area (Å²) in [6, 6.07) is 6.47. The summed E-state index contributed by atoms with van der Waals surface area (Å²) in [5, 5.41) is 39.2. The minimum atomic E-state index is -1.66. The van der Waals surface area contributed by atoms with Crippen LogP contribution in [-0.2, 0) is 36.6 Å². The van der Waals surface area contributed by atoms with Crippen molar-refractivity contribution in [1.82, 2.24) is 20.1 Å². The molecule has 8 aliphatic rings. The Morgan fingerprint density at radius 2 is 1.84 bits per heavy atom. The SMILES string of the molecule is COc1c(C)cc2c(c1O)[C@H]1[C@@H]3[C@@H]4SC[C@]5(N[C@H](C(=O)O)Cc6c5[nH]c5ccccc65)C(=O)OC[C@@H](c5c6c(c(C)c(OC(C)=O)c54)OCO6)N3C3(O)CN1[C@]2(C)C3. The molecule has 3 aromatic carbocycles. The Balaban J connectivity index is 1.19. The fourth-order valence-corrected chi connectivity index (χ4v) is 13.4. The smallest absolute Gasteiger partial charge is 0.333 e.